The van der Waals surface area contributed by atoms with E-state index < -0.39 is 0 Å². The lowest BCUT2D eigenvalue weighted by molar-refractivity contribution is 0.807. The van der Waals surface area contributed by atoms with Gasteiger partial charge in [0.1, 0.15) is 5.82 Å². The van der Waals surface area contributed by atoms with Crippen molar-refractivity contribution in [3.8, 4) is 0 Å². The van der Waals surface area contributed by atoms with Gasteiger partial charge in [-0.05, 0) is 31.2 Å². The fourth-order valence-electron chi connectivity index (χ4n) is 2.29. The molecule has 0 aliphatic carbocycles. The highest BCUT2D eigenvalue weighted by Gasteiger charge is 2.07. The van der Waals surface area contributed by atoms with Gasteiger partial charge in [-0.1, -0.05) is 17.7 Å². The summed E-state index contributed by atoms with van der Waals surface area (Å²) in [6, 6.07) is 12.4. The molecule has 0 spiro atoms. The summed E-state index contributed by atoms with van der Waals surface area (Å²) in [4.78, 5) is 8.86. The van der Waals surface area contributed by atoms with Gasteiger partial charge >= 0.3 is 0 Å². The van der Waals surface area contributed by atoms with Crippen LogP contribution in [0.1, 0.15) is 11.4 Å². The monoisotopic (exact) mass is 266 g/mol. The van der Waals surface area contributed by atoms with Gasteiger partial charge < -0.3 is 9.88 Å². The predicted molar refractivity (Wildman–Crippen MR) is 81.9 cm³/mol. The van der Waals surface area contributed by atoms with Crippen molar-refractivity contribution in [3.05, 3.63) is 54.0 Å². The lowest BCUT2D eigenvalue weighted by Gasteiger charge is -2.06. The summed E-state index contributed by atoms with van der Waals surface area (Å²) < 4.78 is 2.11. The molecule has 2 heterocycles. The Morgan fingerprint density at radius 3 is 2.70 bits per heavy atom. The Balaban J connectivity index is 1.68. The second kappa shape index (κ2) is 5.33. The number of fused-ring (bicyclic) bond motifs is 1. The molecule has 1 N–H and O–H groups in total. The molecule has 1 aromatic carbocycles. The number of benzene rings is 1. The Hall–Kier alpha value is -2.36. The van der Waals surface area contributed by atoms with E-state index >= 15 is 0 Å². The number of rotatable bonds is 4. The van der Waals surface area contributed by atoms with E-state index in [2.05, 4.69) is 51.0 Å². The minimum absolute atomic E-state index is 0.820. The summed E-state index contributed by atoms with van der Waals surface area (Å²) in [5.74, 6) is 1.05. The summed E-state index contributed by atoms with van der Waals surface area (Å²) in [6.07, 6.45) is 2.66. The largest absolute Gasteiger partial charge is 0.385 e. The normalized spacial score (nSPS) is 10.9. The molecule has 102 valence electrons. The molecule has 0 radical (unpaired) electrons. The van der Waals surface area contributed by atoms with E-state index in [9.17, 15) is 0 Å². The molecule has 0 aliphatic rings. The van der Waals surface area contributed by atoms with Crippen molar-refractivity contribution in [2.45, 2.75) is 13.3 Å². The van der Waals surface area contributed by atoms with Gasteiger partial charge in [0.15, 0.2) is 5.65 Å². The predicted octanol–water partition coefficient (Wildman–Crippen LogP) is 2.93. The van der Waals surface area contributed by atoms with Gasteiger partial charge in [0.25, 0.3) is 0 Å². The Morgan fingerprint density at radius 2 is 1.95 bits per heavy atom. The molecule has 0 saturated heterocycles. The van der Waals surface area contributed by atoms with E-state index in [0.717, 1.165) is 35.6 Å². The summed E-state index contributed by atoms with van der Waals surface area (Å²) in [6.45, 7) is 2.95. The molecule has 2 aromatic heterocycles. The SMILES string of the molecule is Cc1ccc(NCCc2nc3ncccc3n2C)cc1. The second-order valence-electron chi connectivity index (χ2n) is 4.98. The first-order valence-electron chi connectivity index (χ1n) is 6.81. The number of pyridine rings is 1. The Kier molecular flexibility index (Phi) is 3.37. The van der Waals surface area contributed by atoms with E-state index in [4.69, 9.17) is 0 Å². The van der Waals surface area contributed by atoms with E-state index in [1.807, 2.05) is 19.2 Å². The third kappa shape index (κ3) is 2.50. The van der Waals surface area contributed by atoms with Gasteiger partial charge in [-0.2, -0.15) is 0 Å². The number of aryl methyl sites for hydroxylation is 2. The van der Waals surface area contributed by atoms with Gasteiger partial charge in [0.05, 0.1) is 5.52 Å². The minimum atomic E-state index is 0.820. The average Bonchev–Trinajstić information content (AvgIpc) is 2.78. The Morgan fingerprint density at radius 1 is 1.15 bits per heavy atom. The maximum Gasteiger partial charge on any atom is 0.177 e. The molecule has 4 heteroatoms. The molecule has 0 fully saturated rings. The lowest BCUT2D eigenvalue weighted by atomic mass is 10.2. The summed E-state index contributed by atoms with van der Waals surface area (Å²) in [7, 11) is 2.04. The topological polar surface area (TPSA) is 42.7 Å². The first kappa shape index (κ1) is 12.7. The molecule has 0 amide bonds. The highest BCUT2D eigenvalue weighted by Crippen LogP contribution is 2.13. The third-order valence-corrected chi connectivity index (χ3v) is 3.48. The molecule has 0 aliphatic heterocycles. The van der Waals surface area contributed by atoms with Gasteiger partial charge in [-0.15, -0.1) is 0 Å². The number of anilines is 1. The zero-order valence-electron chi connectivity index (χ0n) is 11.8. The smallest absolute Gasteiger partial charge is 0.177 e. The van der Waals surface area contributed by atoms with Crippen LogP contribution in [0.4, 0.5) is 5.69 Å². The Bertz CT molecular complexity index is 713. The van der Waals surface area contributed by atoms with Crippen LogP contribution in [-0.2, 0) is 13.5 Å². The fraction of sp³-hybridized carbons (Fsp3) is 0.250. The quantitative estimate of drug-likeness (QED) is 0.789. The molecular formula is C16H18N4. The molecule has 0 unspecified atom stereocenters. The molecule has 3 aromatic rings. The van der Waals surface area contributed by atoms with Crippen LogP contribution >= 0.6 is 0 Å². The molecule has 3 rings (SSSR count). The van der Waals surface area contributed by atoms with Crippen LogP contribution in [0.25, 0.3) is 11.2 Å². The molecule has 0 atom stereocenters. The summed E-state index contributed by atoms with van der Waals surface area (Å²) >= 11 is 0. The van der Waals surface area contributed by atoms with Crippen LogP contribution in [0.15, 0.2) is 42.6 Å². The van der Waals surface area contributed by atoms with Crippen LogP contribution in [0.5, 0.6) is 0 Å². The zero-order chi connectivity index (χ0) is 13.9. The van der Waals surface area contributed by atoms with Crippen LogP contribution < -0.4 is 5.32 Å². The van der Waals surface area contributed by atoms with E-state index in [-0.39, 0.29) is 0 Å². The van der Waals surface area contributed by atoms with Crippen LogP contribution in [0, 0.1) is 6.92 Å². The first-order valence-corrected chi connectivity index (χ1v) is 6.81. The second-order valence-corrected chi connectivity index (χ2v) is 4.98. The number of nitrogens with one attached hydrogen (secondary N) is 1. The maximum absolute atomic E-state index is 4.57. The van der Waals surface area contributed by atoms with Crippen molar-refractivity contribution in [1.82, 2.24) is 14.5 Å². The molecular weight excluding hydrogens is 248 g/mol. The zero-order valence-corrected chi connectivity index (χ0v) is 11.8. The highest BCUT2D eigenvalue weighted by molar-refractivity contribution is 5.71. The van der Waals surface area contributed by atoms with E-state index in [0.29, 0.717) is 0 Å². The van der Waals surface area contributed by atoms with Gasteiger partial charge in [0.2, 0.25) is 0 Å². The third-order valence-electron chi connectivity index (χ3n) is 3.48. The van der Waals surface area contributed by atoms with Crippen LogP contribution in [-0.4, -0.2) is 21.1 Å². The lowest BCUT2D eigenvalue weighted by Crippen LogP contribution is -2.08. The number of aromatic nitrogens is 3. The molecule has 4 nitrogen and oxygen atoms in total. The van der Waals surface area contributed by atoms with Crippen LogP contribution in [0.2, 0.25) is 0 Å². The van der Waals surface area contributed by atoms with Crippen LogP contribution in [0.3, 0.4) is 0 Å². The number of hydrogen-bond donors (Lipinski definition) is 1. The van der Waals surface area contributed by atoms with E-state index in [1.54, 1.807) is 6.20 Å². The number of imidazole rings is 1. The standard InChI is InChI=1S/C16H18N4/c1-12-5-7-13(8-6-12)17-11-9-15-19-16-14(20(15)2)4-3-10-18-16/h3-8,10,17H,9,11H2,1-2H3. The van der Waals surface area contributed by atoms with Gasteiger partial charge in [-0.25, -0.2) is 9.97 Å². The minimum Gasteiger partial charge on any atom is -0.385 e. The molecule has 0 saturated carbocycles. The summed E-state index contributed by atoms with van der Waals surface area (Å²) in [5.41, 5.74) is 4.32. The van der Waals surface area contributed by atoms with Crippen molar-refractivity contribution in [3.63, 3.8) is 0 Å². The highest BCUT2D eigenvalue weighted by atomic mass is 15.1. The van der Waals surface area contributed by atoms with Crippen molar-refractivity contribution >= 4 is 16.9 Å². The first-order chi connectivity index (χ1) is 9.74. The Labute approximate surface area is 118 Å². The van der Waals surface area contributed by atoms with E-state index in [1.165, 1.54) is 5.56 Å². The van der Waals surface area contributed by atoms with Crippen molar-refractivity contribution in [2.24, 2.45) is 7.05 Å². The average molecular weight is 266 g/mol. The maximum atomic E-state index is 4.57. The summed E-state index contributed by atoms with van der Waals surface area (Å²) in [5, 5.41) is 3.42. The number of nitrogens with zero attached hydrogens (tertiary/aromatic N) is 3. The van der Waals surface area contributed by atoms with Crippen molar-refractivity contribution in [1.29, 1.82) is 0 Å². The van der Waals surface area contributed by atoms with Crippen molar-refractivity contribution < 1.29 is 0 Å². The van der Waals surface area contributed by atoms with Gasteiger partial charge in [-0.3, -0.25) is 0 Å². The number of hydrogen-bond acceptors (Lipinski definition) is 3. The van der Waals surface area contributed by atoms with Crippen molar-refractivity contribution in [2.75, 3.05) is 11.9 Å². The molecule has 20 heavy (non-hydrogen) atoms. The van der Waals surface area contributed by atoms with Gasteiger partial charge in [0, 0.05) is 31.9 Å². The molecule has 0 bridgehead atoms. The fourth-order valence-corrected chi connectivity index (χ4v) is 2.29.